The molecule has 1 aliphatic heterocycles. The number of hydrogen-bond donors (Lipinski definition) is 1. The maximum atomic E-state index is 14.2. The number of hydrogen-bond acceptors (Lipinski definition) is 3. The van der Waals surface area contributed by atoms with Crippen LogP contribution in [0.2, 0.25) is 5.02 Å². The quantitative estimate of drug-likeness (QED) is 0.912. The lowest BCUT2D eigenvalue weighted by molar-refractivity contribution is 0.0963. The maximum Gasteiger partial charge on any atom is 0.330 e. The predicted molar refractivity (Wildman–Crippen MR) is 93.7 cm³/mol. The lowest BCUT2D eigenvalue weighted by atomic mass is 10.1. The molecule has 0 radical (unpaired) electrons. The number of pyridine rings is 1. The summed E-state index contributed by atoms with van der Waals surface area (Å²) in [5.74, 6) is -1.08. The normalized spacial score (nSPS) is 17.1. The van der Waals surface area contributed by atoms with Gasteiger partial charge in [0.15, 0.2) is 11.6 Å². The van der Waals surface area contributed by atoms with Gasteiger partial charge in [0.2, 0.25) is 0 Å². The monoisotopic (exact) mass is 362 g/mol. The number of aromatic nitrogens is 1. The molecule has 2 aromatic rings. The SMILES string of the molecule is CNC(=O)c1cccc(N2C(=O)N(c3nccc(Cl)c3F)C[C@@H]2C)c1. The molecule has 25 heavy (non-hydrogen) atoms. The van der Waals surface area contributed by atoms with Gasteiger partial charge in [-0.05, 0) is 31.2 Å². The fourth-order valence-corrected chi connectivity index (χ4v) is 2.96. The Hall–Kier alpha value is -2.67. The molecule has 3 amide bonds. The number of carbonyl (C=O) groups excluding carboxylic acids is 2. The Morgan fingerprint density at radius 1 is 1.40 bits per heavy atom. The summed E-state index contributed by atoms with van der Waals surface area (Å²) in [6, 6.07) is 7.38. The van der Waals surface area contributed by atoms with Gasteiger partial charge in [0.05, 0.1) is 11.1 Å². The van der Waals surface area contributed by atoms with Gasteiger partial charge in [-0.15, -0.1) is 0 Å². The molecule has 0 unspecified atom stereocenters. The van der Waals surface area contributed by atoms with Gasteiger partial charge in [-0.1, -0.05) is 17.7 Å². The van der Waals surface area contributed by atoms with Gasteiger partial charge < -0.3 is 5.32 Å². The Balaban J connectivity index is 1.96. The van der Waals surface area contributed by atoms with Crippen molar-refractivity contribution in [1.29, 1.82) is 0 Å². The molecule has 1 aromatic heterocycles. The van der Waals surface area contributed by atoms with Gasteiger partial charge in [-0.2, -0.15) is 0 Å². The third kappa shape index (κ3) is 3.02. The molecule has 0 bridgehead atoms. The zero-order chi connectivity index (χ0) is 18.1. The first-order valence-corrected chi connectivity index (χ1v) is 8.04. The third-order valence-corrected chi connectivity index (χ3v) is 4.31. The van der Waals surface area contributed by atoms with Crippen molar-refractivity contribution in [2.75, 3.05) is 23.4 Å². The van der Waals surface area contributed by atoms with Gasteiger partial charge in [0, 0.05) is 31.0 Å². The fourth-order valence-electron chi connectivity index (χ4n) is 2.82. The highest BCUT2D eigenvalue weighted by atomic mass is 35.5. The Labute approximate surface area is 149 Å². The number of nitrogens with zero attached hydrogens (tertiary/aromatic N) is 3. The molecule has 0 aliphatic carbocycles. The summed E-state index contributed by atoms with van der Waals surface area (Å²) in [6.45, 7) is 2.10. The van der Waals surface area contributed by atoms with E-state index in [2.05, 4.69) is 10.3 Å². The highest BCUT2D eigenvalue weighted by molar-refractivity contribution is 6.31. The molecule has 1 fully saturated rings. The average Bonchev–Trinajstić information content (AvgIpc) is 2.91. The summed E-state index contributed by atoms with van der Waals surface area (Å²) in [5, 5.41) is 2.45. The molecular formula is C17H16ClFN4O2. The number of rotatable bonds is 3. The van der Waals surface area contributed by atoms with Crippen molar-refractivity contribution in [2.45, 2.75) is 13.0 Å². The van der Waals surface area contributed by atoms with Crippen LogP contribution >= 0.6 is 11.6 Å². The van der Waals surface area contributed by atoms with Crippen LogP contribution in [0.15, 0.2) is 36.5 Å². The molecule has 6 nitrogen and oxygen atoms in total. The van der Waals surface area contributed by atoms with Crippen molar-refractivity contribution in [3.05, 3.63) is 52.9 Å². The second-order valence-electron chi connectivity index (χ2n) is 5.67. The number of anilines is 2. The molecule has 1 aliphatic rings. The van der Waals surface area contributed by atoms with Crippen LogP contribution in [0, 0.1) is 5.82 Å². The highest BCUT2D eigenvalue weighted by Gasteiger charge is 2.38. The molecule has 0 saturated carbocycles. The summed E-state index contributed by atoms with van der Waals surface area (Å²) in [6.07, 6.45) is 1.35. The van der Waals surface area contributed by atoms with Crippen molar-refractivity contribution < 1.29 is 14.0 Å². The van der Waals surface area contributed by atoms with Crippen molar-refractivity contribution in [1.82, 2.24) is 10.3 Å². The average molecular weight is 363 g/mol. The maximum absolute atomic E-state index is 14.2. The second-order valence-corrected chi connectivity index (χ2v) is 6.08. The van der Waals surface area contributed by atoms with Crippen LogP contribution in [0.25, 0.3) is 0 Å². The molecular weight excluding hydrogens is 347 g/mol. The van der Waals surface area contributed by atoms with Crippen LogP contribution in [0.5, 0.6) is 0 Å². The number of amides is 3. The molecule has 1 N–H and O–H groups in total. The smallest absolute Gasteiger partial charge is 0.330 e. The molecule has 130 valence electrons. The molecule has 0 spiro atoms. The van der Waals surface area contributed by atoms with E-state index < -0.39 is 11.8 Å². The fraction of sp³-hybridized carbons (Fsp3) is 0.235. The molecule has 3 rings (SSSR count). The minimum Gasteiger partial charge on any atom is -0.355 e. The van der Waals surface area contributed by atoms with E-state index in [0.717, 1.165) is 0 Å². The van der Waals surface area contributed by atoms with Gasteiger partial charge >= 0.3 is 6.03 Å². The summed E-state index contributed by atoms with van der Waals surface area (Å²) in [5.41, 5.74) is 0.994. The molecule has 2 heterocycles. The summed E-state index contributed by atoms with van der Waals surface area (Å²) >= 11 is 5.79. The molecule has 8 heteroatoms. The van der Waals surface area contributed by atoms with Crippen LogP contribution in [0.3, 0.4) is 0 Å². The van der Waals surface area contributed by atoms with Crippen LogP contribution in [0.1, 0.15) is 17.3 Å². The van der Waals surface area contributed by atoms with Crippen LogP contribution in [-0.2, 0) is 0 Å². The molecule has 1 atom stereocenters. The van der Waals surface area contributed by atoms with Crippen molar-refractivity contribution in [2.24, 2.45) is 0 Å². The lowest BCUT2D eigenvalue weighted by Gasteiger charge is -2.21. The summed E-state index contributed by atoms with van der Waals surface area (Å²) in [7, 11) is 1.54. The number of nitrogens with one attached hydrogen (secondary N) is 1. The lowest BCUT2D eigenvalue weighted by Crippen LogP contribution is -2.34. The topological polar surface area (TPSA) is 65.5 Å². The Morgan fingerprint density at radius 3 is 2.88 bits per heavy atom. The van der Waals surface area contributed by atoms with Crippen molar-refractivity contribution in [3.8, 4) is 0 Å². The van der Waals surface area contributed by atoms with Gasteiger partial charge in [0.25, 0.3) is 5.91 Å². The Bertz CT molecular complexity index is 845. The first-order valence-electron chi connectivity index (χ1n) is 7.67. The number of halogens is 2. The molecule has 1 saturated heterocycles. The standard InChI is InChI=1S/C17H16ClFN4O2/c1-10-9-22(15-14(19)13(18)6-7-21-15)17(25)23(10)12-5-3-4-11(8-12)16(24)20-2/h3-8,10H,9H2,1-2H3,(H,20,24)/t10-/m0/s1. The summed E-state index contributed by atoms with van der Waals surface area (Å²) < 4.78 is 14.2. The molecule has 1 aromatic carbocycles. The first kappa shape index (κ1) is 17.2. The van der Waals surface area contributed by atoms with Crippen LogP contribution in [-0.4, -0.2) is 36.6 Å². The van der Waals surface area contributed by atoms with E-state index in [0.29, 0.717) is 11.3 Å². The first-order chi connectivity index (χ1) is 11.9. The van der Waals surface area contributed by atoms with Crippen molar-refractivity contribution in [3.63, 3.8) is 0 Å². The van der Waals surface area contributed by atoms with Gasteiger partial charge in [-0.3, -0.25) is 14.6 Å². The zero-order valence-electron chi connectivity index (χ0n) is 13.7. The Kier molecular flexibility index (Phi) is 4.59. The third-order valence-electron chi connectivity index (χ3n) is 4.02. The number of benzene rings is 1. The highest BCUT2D eigenvalue weighted by Crippen LogP contribution is 2.31. The minimum absolute atomic E-state index is 0.0921. The van der Waals surface area contributed by atoms with Crippen molar-refractivity contribution >= 4 is 35.0 Å². The Morgan fingerprint density at radius 2 is 2.16 bits per heavy atom. The predicted octanol–water partition coefficient (Wildman–Crippen LogP) is 3.07. The largest absolute Gasteiger partial charge is 0.355 e. The van der Waals surface area contributed by atoms with E-state index in [4.69, 9.17) is 11.6 Å². The van der Waals surface area contributed by atoms with E-state index in [9.17, 15) is 14.0 Å². The zero-order valence-corrected chi connectivity index (χ0v) is 14.4. The summed E-state index contributed by atoms with van der Waals surface area (Å²) in [4.78, 5) is 31.3. The van der Waals surface area contributed by atoms with E-state index in [1.165, 1.54) is 29.1 Å². The van der Waals surface area contributed by atoms with Gasteiger partial charge in [-0.25, -0.2) is 14.2 Å². The van der Waals surface area contributed by atoms with E-state index >= 15 is 0 Å². The van der Waals surface area contributed by atoms with Crippen LogP contribution < -0.4 is 15.1 Å². The minimum atomic E-state index is -0.731. The van der Waals surface area contributed by atoms with E-state index in [-0.39, 0.29) is 29.3 Å². The second kappa shape index (κ2) is 6.68. The van der Waals surface area contributed by atoms with Crippen LogP contribution in [0.4, 0.5) is 20.7 Å². The van der Waals surface area contributed by atoms with E-state index in [1.807, 2.05) is 6.92 Å². The van der Waals surface area contributed by atoms with E-state index in [1.54, 1.807) is 24.3 Å². The number of carbonyl (C=O) groups is 2. The number of urea groups is 1. The van der Waals surface area contributed by atoms with Gasteiger partial charge in [0.1, 0.15) is 0 Å².